The summed E-state index contributed by atoms with van der Waals surface area (Å²) >= 11 is 0. The molecule has 1 aromatic heterocycles. The SMILES string of the molecule is CCCc1cnc(CCC(C)N)[nH]1. The molecule has 0 aliphatic carbocycles. The van der Waals surface area contributed by atoms with E-state index >= 15 is 0 Å². The van der Waals surface area contributed by atoms with Gasteiger partial charge in [0.05, 0.1) is 0 Å². The first kappa shape index (κ1) is 10.3. The van der Waals surface area contributed by atoms with Crippen molar-refractivity contribution in [3.05, 3.63) is 17.7 Å². The fourth-order valence-corrected chi connectivity index (χ4v) is 1.29. The van der Waals surface area contributed by atoms with Crippen LogP contribution in [0.5, 0.6) is 0 Å². The van der Waals surface area contributed by atoms with Crippen LogP contribution >= 0.6 is 0 Å². The minimum atomic E-state index is 0.264. The largest absolute Gasteiger partial charge is 0.346 e. The Morgan fingerprint density at radius 2 is 2.31 bits per heavy atom. The first-order valence-electron chi connectivity index (χ1n) is 5.00. The summed E-state index contributed by atoms with van der Waals surface area (Å²) < 4.78 is 0. The highest BCUT2D eigenvalue weighted by molar-refractivity contribution is 5.01. The molecule has 1 unspecified atom stereocenters. The van der Waals surface area contributed by atoms with E-state index in [9.17, 15) is 0 Å². The highest BCUT2D eigenvalue weighted by Crippen LogP contribution is 2.03. The summed E-state index contributed by atoms with van der Waals surface area (Å²) in [6, 6.07) is 0.264. The summed E-state index contributed by atoms with van der Waals surface area (Å²) in [7, 11) is 0. The standard InChI is InChI=1S/C10H19N3/c1-3-4-9-7-12-10(13-9)6-5-8(2)11/h7-8H,3-6,11H2,1-2H3,(H,12,13). The molecule has 0 aromatic carbocycles. The van der Waals surface area contributed by atoms with E-state index in [1.54, 1.807) is 0 Å². The van der Waals surface area contributed by atoms with Crippen LogP contribution in [-0.2, 0) is 12.8 Å². The summed E-state index contributed by atoms with van der Waals surface area (Å²) in [6.07, 6.45) is 6.14. The average molecular weight is 181 g/mol. The molecular formula is C10H19N3. The van der Waals surface area contributed by atoms with Gasteiger partial charge in [0, 0.05) is 24.4 Å². The van der Waals surface area contributed by atoms with E-state index in [1.807, 2.05) is 13.1 Å². The van der Waals surface area contributed by atoms with Crippen molar-refractivity contribution in [2.24, 2.45) is 5.73 Å². The van der Waals surface area contributed by atoms with Gasteiger partial charge in [0.25, 0.3) is 0 Å². The molecular weight excluding hydrogens is 162 g/mol. The van der Waals surface area contributed by atoms with Crippen molar-refractivity contribution >= 4 is 0 Å². The van der Waals surface area contributed by atoms with E-state index in [1.165, 1.54) is 5.69 Å². The summed E-state index contributed by atoms with van der Waals surface area (Å²) in [5, 5.41) is 0. The van der Waals surface area contributed by atoms with E-state index < -0.39 is 0 Å². The molecule has 0 saturated heterocycles. The van der Waals surface area contributed by atoms with Gasteiger partial charge in [-0.25, -0.2) is 4.98 Å². The van der Waals surface area contributed by atoms with Gasteiger partial charge in [-0.1, -0.05) is 13.3 Å². The van der Waals surface area contributed by atoms with E-state index in [0.29, 0.717) is 0 Å². The van der Waals surface area contributed by atoms with E-state index in [2.05, 4.69) is 16.9 Å². The third kappa shape index (κ3) is 3.59. The molecule has 1 aromatic rings. The monoisotopic (exact) mass is 181 g/mol. The molecule has 0 spiro atoms. The summed E-state index contributed by atoms with van der Waals surface area (Å²) in [6.45, 7) is 4.19. The maximum absolute atomic E-state index is 5.66. The number of H-pyrrole nitrogens is 1. The molecule has 74 valence electrons. The lowest BCUT2D eigenvalue weighted by Gasteiger charge is -2.01. The Labute approximate surface area is 79.8 Å². The molecule has 3 nitrogen and oxygen atoms in total. The van der Waals surface area contributed by atoms with Gasteiger partial charge in [0.2, 0.25) is 0 Å². The molecule has 1 atom stereocenters. The fraction of sp³-hybridized carbons (Fsp3) is 0.700. The van der Waals surface area contributed by atoms with Crippen molar-refractivity contribution in [1.82, 2.24) is 9.97 Å². The summed E-state index contributed by atoms with van der Waals surface area (Å²) in [4.78, 5) is 7.60. The minimum Gasteiger partial charge on any atom is -0.346 e. The molecule has 1 heterocycles. The molecule has 0 radical (unpaired) electrons. The minimum absolute atomic E-state index is 0.264. The Bertz CT molecular complexity index is 240. The molecule has 0 amide bonds. The van der Waals surface area contributed by atoms with Gasteiger partial charge < -0.3 is 10.7 Å². The number of nitrogens with zero attached hydrogens (tertiary/aromatic N) is 1. The van der Waals surface area contributed by atoms with Crippen molar-refractivity contribution in [3.63, 3.8) is 0 Å². The lowest BCUT2D eigenvalue weighted by Crippen LogP contribution is -2.15. The Balaban J connectivity index is 2.39. The van der Waals surface area contributed by atoms with Gasteiger partial charge in [0.1, 0.15) is 5.82 Å². The van der Waals surface area contributed by atoms with Gasteiger partial charge in [-0.3, -0.25) is 0 Å². The Morgan fingerprint density at radius 1 is 1.54 bits per heavy atom. The van der Waals surface area contributed by atoms with Crippen LogP contribution < -0.4 is 5.73 Å². The predicted molar refractivity (Wildman–Crippen MR) is 54.6 cm³/mol. The van der Waals surface area contributed by atoms with Gasteiger partial charge in [0.15, 0.2) is 0 Å². The Hall–Kier alpha value is -0.830. The number of nitrogens with one attached hydrogen (secondary N) is 1. The van der Waals surface area contributed by atoms with Gasteiger partial charge >= 0.3 is 0 Å². The second kappa shape index (κ2) is 5.02. The van der Waals surface area contributed by atoms with Crippen LogP contribution in [0.15, 0.2) is 6.20 Å². The lowest BCUT2D eigenvalue weighted by molar-refractivity contribution is 0.650. The smallest absolute Gasteiger partial charge is 0.106 e. The zero-order valence-electron chi connectivity index (χ0n) is 8.51. The highest BCUT2D eigenvalue weighted by Gasteiger charge is 2.01. The first-order valence-corrected chi connectivity index (χ1v) is 5.00. The van der Waals surface area contributed by atoms with Crippen molar-refractivity contribution in [2.45, 2.75) is 45.6 Å². The number of aryl methyl sites for hydroxylation is 2. The van der Waals surface area contributed by atoms with E-state index in [4.69, 9.17) is 5.73 Å². The van der Waals surface area contributed by atoms with Crippen LogP contribution in [0, 0.1) is 0 Å². The van der Waals surface area contributed by atoms with Gasteiger partial charge in [-0.15, -0.1) is 0 Å². The van der Waals surface area contributed by atoms with Crippen LogP contribution in [-0.4, -0.2) is 16.0 Å². The first-order chi connectivity index (χ1) is 6.22. The number of hydrogen-bond acceptors (Lipinski definition) is 2. The summed E-state index contributed by atoms with van der Waals surface area (Å²) in [5.74, 6) is 1.07. The third-order valence-corrected chi connectivity index (χ3v) is 2.04. The number of aromatic amines is 1. The maximum Gasteiger partial charge on any atom is 0.106 e. The van der Waals surface area contributed by atoms with Gasteiger partial charge in [-0.05, 0) is 19.8 Å². The van der Waals surface area contributed by atoms with Crippen molar-refractivity contribution in [2.75, 3.05) is 0 Å². The van der Waals surface area contributed by atoms with Crippen molar-refractivity contribution in [1.29, 1.82) is 0 Å². The Morgan fingerprint density at radius 3 is 2.92 bits per heavy atom. The zero-order chi connectivity index (χ0) is 9.68. The van der Waals surface area contributed by atoms with Crippen LogP contribution in [0.1, 0.15) is 38.2 Å². The maximum atomic E-state index is 5.66. The highest BCUT2D eigenvalue weighted by atomic mass is 14.9. The van der Waals surface area contributed by atoms with Crippen LogP contribution in [0.3, 0.4) is 0 Å². The molecule has 0 bridgehead atoms. The second-order valence-corrected chi connectivity index (χ2v) is 3.62. The molecule has 3 heteroatoms. The number of nitrogens with two attached hydrogens (primary N) is 1. The quantitative estimate of drug-likeness (QED) is 0.725. The molecule has 0 aliphatic heterocycles. The van der Waals surface area contributed by atoms with Crippen LogP contribution in [0.2, 0.25) is 0 Å². The van der Waals surface area contributed by atoms with E-state index in [0.717, 1.165) is 31.5 Å². The Kier molecular flexibility index (Phi) is 3.96. The molecule has 0 aliphatic rings. The number of rotatable bonds is 5. The molecule has 0 fully saturated rings. The van der Waals surface area contributed by atoms with Gasteiger partial charge in [-0.2, -0.15) is 0 Å². The summed E-state index contributed by atoms with van der Waals surface area (Å²) in [5.41, 5.74) is 6.90. The molecule has 0 saturated carbocycles. The van der Waals surface area contributed by atoms with E-state index in [-0.39, 0.29) is 6.04 Å². The van der Waals surface area contributed by atoms with Crippen LogP contribution in [0.4, 0.5) is 0 Å². The molecule has 1 rings (SSSR count). The second-order valence-electron chi connectivity index (χ2n) is 3.62. The predicted octanol–water partition coefficient (Wildman–Crippen LogP) is 1.64. The number of imidazole rings is 1. The van der Waals surface area contributed by atoms with Crippen LogP contribution in [0.25, 0.3) is 0 Å². The van der Waals surface area contributed by atoms with Crippen molar-refractivity contribution in [3.8, 4) is 0 Å². The zero-order valence-corrected chi connectivity index (χ0v) is 8.51. The fourth-order valence-electron chi connectivity index (χ4n) is 1.29. The topological polar surface area (TPSA) is 54.7 Å². The van der Waals surface area contributed by atoms with Crippen molar-refractivity contribution < 1.29 is 0 Å². The number of aromatic nitrogens is 2. The number of hydrogen-bond donors (Lipinski definition) is 2. The lowest BCUT2D eigenvalue weighted by atomic mass is 10.2. The normalized spacial score (nSPS) is 13.2. The third-order valence-electron chi connectivity index (χ3n) is 2.04. The molecule has 13 heavy (non-hydrogen) atoms. The molecule has 3 N–H and O–H groups in total. The average Bonchev–Trinajstić information content (AvgIpc) is 2.50.